The lowest BCUT2D eigenvalue weighted by Crippen LogP contribution is -2.47. The number of pyridine rings is 1. The molecule has 116 valence electrons. The summed E-state index contributed by atoms with van der Waals surface area (Å²) in [5, 5.41) is 0.946. The third kappa shape index (κ3) is 2.63. The summed E-state index contributed by atoms with van der Waals surface area (Å²) >= 11 is 0. The second-order valence-electron chi connectivity index (χ2n) is 5.25. The van der Waals surface area contributed by atoms with Gasteiger partial charge in [0.15, 0.2) is 11.5 Å². The zero-order chi connectivity index (χ0) is 15.6. The number of anilines is 2. The molecule has 8 heteroatoms. The summed E-state index contributed by atoms with van der Waals surface area (Å²) in [7, 11) is 0. The molecule has 0 aromatic carbocycles. The standard InChI is InChI=1S/C15H14FN7/c16-11-8-18-15(19-9-11)23-6-4-22(5-7-23)14-12-2-1-3-17-13(12)20-10-21-14/h1-3,8-10H,4-7H2. The minimum Gasteiger partial charge on any atom is -0.352 e. The molecule has 3 aromatic heterocycles. The van der Waals surface area contributed by atoms with Gasteiger partial charge in [-0.05, 0) is 12.1 Å². The number of hydrogen-bond acceptors (Lipinski definition) is 7. The Balaban J connectivity index is 1.54. The van der Waals surface area contributed by atoms with E-state index in [-0.39, 0.29) is 0 Å². The van der Waals surface area contributed by atoms with Gasteiger partial charge in [-0.3, -0.25) is 0 Å². The van der Waals surface area contributed by atoms with Crippen molar-refractivity contribution in [2.24, 2.45) is 0 Å². The number of rotatable bonds is 2. The highest BCUT2D eigenvalue weighted by molar-refractivity contribution is 5.86. The SMILES string of the molecule is Fc1cnc(N2CCN(c3ncnc4ncccc34)CC2)nc1. The first-order chi connectivity index (χ1) is 11.3. The average molecular weight is 311 g/mol. The highest BCUT2D eigenvalue weighted by Gasteiger charge is 2.21. The number of nitrogens with zero attached hydrogens (tertiary/aromatic N) is 7. The summed E-state index contributed by atoms with van der Waals surface area (Å²) in [5.74, 6) is 1.02. The molecule has 0 spiro atoms. The van der Waals surface area contributed by atoms with Crippen molar-refractivity contribution >= 4 is 22.8 Å². The second kappa shape index (κ2) is 5.71. The van der Waals surface area contributed by atoms with E-state index in [1.165, 1.54) is 12.4 Å². The molecule has 0 N–H and O–H groups in total. The van der Waals surface area contributed by atoms with Crippen LogP contribution in [0.15, 0.2) is 37.1 Å². The molecule has 1 aliphatic rings. The molecule has 7 nitrogen and oxygen atoms in total. The maximum Gasteiger partial charge on any atom is 0.225 e. The number of hydrogen-bond donors (Lipinski definition) is 0. The molecule has 0 saturated carbocycles. The van der Waals surface area contributed by atoms with Crippen LogP contribution in [0.1, 0.15) is 0 Å². The van der Waals surface area contributed by atoms with Gasteiger partial charge in [-0.15, -0.1) is 0 Å². The van der Waals surface area contributed by atoms with Crippen molar-refractivity contribution < 1.29 is 4.39 Å². The van der Waals surface area contributed by atoms with Gasteiger partial charge in [-0.1, -0.05) is 0 Å². The van der Waals surface area contributed by atoms with Crippen LogP contribution in [0.4, 0.5) is 16.2 Å². The minimum atomic E-state index is -0.424. The molecular weight excluding hydrogens is 297 g/mol. The van der Waals surface area contributed by atoms with Crippen molar-refractivity contribution in [2.75, 3.05) is 36.0 Å². The van der Waals surface area contributed by atoms with E-state index < -0.39 is 5.82 Å². The number of piperazine rings is 1. The first-order valence-electron chi connectivity index (χ1n) is 7.34. The molecule has 1 fully saturated rings. The van der Waals surface area contributed by atoms with Gasteiger partial charge >= 0.3 is 0 Å². The lowest BCUT2D eigenvalue weighted by atomic mass is 10.2. The van der Waals surface area contributed by atoms with Gasteiger partial charge in [0.05, 0.1) is 17.8 Å². The summed E-state index contributed by atoms with van der Waals surface area (Å²) in [6, 6.07) is 3.87. The zero-order valence-corrected chi connectivity index (χ0v) is 12.3. The molecule has 3 aromatic rings. The van der Waals surface area contributed by atoms with Gasteiger partial charge in [0.2, 0.25) is 5.95 Å². The first kappa shape index (κ1) is 13.7. The van der Waals surface area contributed by atoms with Crippen LogP contribution in [0.25, 0.3) is 11.0 Å². The molecular formula is C15H14FN7. The summed E-state index contributed by atoms with van der Waals surface area (Å²) < 4.78 is 12.9. The van der Waals surface area contributed by atoms with Crippen LogP contribution in [0.3, 0.4) is 0 Å². The number of halogens is 1. The minimum absolute atomic E-state index is 0.424. The molecule has 0 unspecified atom stereocenters. The Morgan fingerprint density at radius 2 is 1.61 bits per heavy atom. The van der Waals surface area contributed by atoms with Crippen LogP contribution < -0.4 is 9.80 Å². The van der Waals surface area contributed by atoms with Gasteiger partial charge in [-0.2, -0.15) is 0 Å². The quantitative estimate of drug-likeness (QED) is 0.706. The molecule has 1 aliphatic heterocycles. The fourth-order valence-electron chi connectivity index (χ4n) is 2.72. The molecule has 0 bridgehead atoms. The van der Waals surface area contributed by atoms with E-state index in [2.05, 4.69) is 29.8 Å². The Labute approximate surface area is 131 Å². The van der Waals surface area contributed by atoms with Crippen molar-refractivity contribution in [2.45, 2.75) is 0 Å². The molecule has 0 atom stereocenters. The van der Waals surface area contributed by atoms with Crippen molar-refractivity contribution in [1.82, 2.24) is 24.9 Å². The fourth-order valence-corrected chi connectivity index (χ4v) is 2.72. The van der Waals surface area contributed by atoms with Gasteiger partial charge in [0.1, 0.15) is 12.1 Å². The van der Waals surface area contributed by atoms with Gasteiger partial charge in [0, 0.05) is 32.4 Å². The average Bonchev–Trinajstić information content (AvgIpc) is 2.62. The zero-order valence-electron chi connectivity index (χ0n) is 12.3. The van der Waals surface area contributed by atoms with Crippen molar-refractivity contribution in [3.63, 3.8) is 0 Å². The largest absolute Gasteiger partial charge is 0.352 e. The van der Waals surface area contributed by atoms with Crippen LogP contribution in [-0.4, -0.2) is 51.1 Å². The first-order valence-corrected chi connectivity index (χ1v) is 7.34. The molecule has 1 saturated heterocycles. The molecule has 0 radical (unpaired) electrons. The number of fused-ring (bicyclic) bond motifs is 1. The molecule has 0 amide bonds. The van der Waals surface area contributed by atoms with Crippen LogP contribution in [0, 0.1) is 5.82 Å². The van der Waals surface area contributed by atoms with Gasteiger partial charge in [-0.25, -0.2) is 29.3 Å². The smallest absolute Gasteiger partial charge is 0.225 e. The lowest BCUT2D eigenvalue weighted by molar-refractivity contribution is 0.602. The van der Waals surface area contributed by atoms with E-state index in [9.17, 15) is 4.39 Å². The molecule has 4 heterocycles. The summed E-state index contributed by atoms with van der Waals surface area (Å²) in [4.78, 5) is 25.2. The maximum atomic E-state index is 12.9. The van der Waals surface area contributed by atoms with Gasteiger partial charge in [0.25, 0.3) is 0 Å². The molecule has 23 heavy (non-hydrogen) atoms. The summed E-state index contributed by atoms with van der Waals surface area (Å²) in [6.07, 6.45) is 5.65. The van der Waals surface area contributed by atoms with Crippen LogP contribution in [0.5, 0.6) is 0 Å². The van der Waals surface area contributed by atoms with E-state index in [1.54, 1.807) is 12.5 Å². The normalized spacial score (nSPS) is 15.2. The van der Waals surface area contributed by atoms with E-state index in [0.29, 0.717) is 11.6 Å². The Kier molecular flexibility index (Phi) is 3.41. The number of aromatic nitrogens is 5. The summed E-state index contributed by atoms with van der Waals surface area (Å²) in [6.45, 7) is 3.05. The monoisotopic (exact) mass is 311 g/mol. The van der Waals surface area contributed by atoms with Crippen molar-refractivity contribution in [1.29, 1.82) is 0 Å². The Morgan fingerprint density at radius 3 is 2.39 bits per heavy atom. The Morgan fingerprint density at radius 1 is 0.870 bits per heavy atom. The lowest BCUT2D eigenvalue weighted by Gasteiger charge is -2.35. The van der Waals surface area contributed by atoms with Crippen LogP contribution in [-0.2, 0) is 0 Å². The third-order valence-corrected chi connectivity index (χ3v) is 3.86. The van der Waals surface area contributed by atoms with Gasteiger partial charge < -0.3 is 9.80 Å². The molecule has 0 aliphatic carbocycles. The fraction of sp³-hybridized carbons (Fsp3) is 0.267. The van der Waals surface area contributed by atoms with E-state index in [1.807, 2.05) is 17.0 Å². The third-order valence-electron chi connectivity index (χ3n) is 3.86. The highest BCUT2D eigenvalue weighted by Crippen LogP contribution is 2.23. The summed E-state index contributed by atoms with van der Waals surface area (Å²) in [5.41, 5.74) is 0.696. The maximum absolute atomic E-state index is 12.9. The van der Waals surface area contributed by atoms with E-state index in [0.717, 1.165) is 37.4 Å². The van der Waals surface area contributed by atoms with Crippen molar-refractivity contribution in [3.05, 3.63) is 42.9 Å². The predicted octanol–water partition coefficient (Wildman–Crippen LogP) is 1.28. The Bertz CT molecular complexity index is 810. The van der Waals surface area contributed by atoms with Crippen molar-refractivity contribution in [3.8, 4) is 0 Å². The van der Waals surface area contributed by atoms with E-state index in [4.69, 9.17) is 0 Å². The topological polar surface area (TPSA) is 70.9 Å². The van der Waals surface area contributed by atoms with Crippen LogP contribution in [0.2, 0.25) is 0 Å². The predicted molar refractivity (Wildman–Crippen MR) is 83.7 cm³/mol. The van der Waals surface area contributed by atoms with E-state index >= 15 is 0 Å². The second-order valence-corrected chi connectivity index (χ2v) is 5.25. The van der Waals surface area contributed by atoms with Crippen LogP contribution >= 0.6 is 0 Å². The Hall–Kier alpha value is -2.90. The highest BCUT2D eigenvalue weighted by atomic mass is 19.1. The molecule has 4 rings (SSSR count).